The standard InChI is InChI=1S/C23H24N4O8S/c1-13(2)22(28)25-15-5-7-18(35-21-10-16(23(29)30)26-27(21)3)20(9-15)36(31,32)24-11-14-4-6-17-19(8-14)34-12-33-17/h4-10,13,24H,11-12H2,1-3H3,(H,25,28)(H,29,30). The fourth-order valence-electron chi connectivity index (χ4n) is 3.24. The molecular weight excluding hydrogens is 492 g/mol. The number of carboxylic acid groups (broad SMARTS) is 1. The van der Waals surface area contributed by atoms with Gasteiger partial charge in [0.2, 0.25) is 28.6 Å². The molecule has 36 heavy (non-hydrogen) atoms. The predicted octanol–water partition coefficient (Wildman–Crippen LogP) is 2.71. The molecule has 1 aliphatic heterocycles. The zero-order valence-electron chi connectivity index (χ0n) is 19.6. The number of carbonyl (C=O) groups excluding carboxylic acids is 1. The van der Waals surface area contributed by atoms with Crippen LogP contribution in [0.5, 0.6) is 23.1 Å². The number of amides is 1. The van der Waals surface area contributed by atoms with Crippen molar-refractivity contribution >= 4 is 27.6 Å². The quantitative estimate of drug-likeness (QED) is 0.389. The van der Waals surface area contributed by atoms with E-state index in [2.05, 4.69) is 15.1 Å². The topological polar surface area (TPSA) is 158 Å². The summed E-state index contributed by atoms with van der Waals surface area (Å²) in [5, 5.41) is 15.7. The fourth-order valence-corrected chi connectivity index (χ4v) is 4.41. The van der Waals surface area contributed by atoms with E-state index < -0.39 is 16.0 Å². The van der Waals surface area contributed by atoms with Gasteiger partial charge in [0.1, 0.15) is 10.6 Å². The number of aryl methyl sites for hydroxylation is 1. The SMILES string of the molecule is CC(C)C(=O)Nc1ccc(Oc2cc(C(=O)O)nn2C)c(S(=O)(=O)NCc2ccc3c(c2)OCO3)c1. The number of hydrogen-bond donors (Lipinski definition) is 3. The number of fused-ring (bicyclic) bond motifs is 1. The van der Waals surface area contributed by atoms with Crippen LogP contribution in [0.25, 0.3) is 0 Å². The van der Waals surface area contributed by atoms with Crippen LogP contribution in [0, 0.1) is 5.92 Å². The molecule has 2 heterocycles. The Hall–Kier alpha value is -4.10. The average Bonchev–Trinajstić information content (AvgIpc) is 3.44. The lowest BCUT2D eigenvalue weighted by Crippen LogP contribution is -2.24. The normalized spacial score (nSPS) is 12.6. The van der Waals surface area contributed by atoms with Gasteiger partial charge in [0.05, 0.1) is 0 Å². The minimum Gasteiger partial charge on any atom is -0.476 e. The first kappa shape index (κ1) is 25.0. The van der Waals surface area contributed by atoms with Crippen LogP contribution in [0.2, 0.25) is 0 Å². The molecule has 4 rings (SSSR count). The number of rotatable bonds is 9. The maximum atomic E-state index is 13.3. The van der Waals surface area contributed by atoms with Gasteiger partial charge in [0.15, 0.2) is 17.2 Å². The highest BCUT2D eigenvalue weighted by molar-refractivity contribution is 7.89. The number of carbonyl (C=O) groups is 2. The first-order valence-corrected chi connectivity index (χ1v) is 12.3. The van der Waals surface area contributed by atoms with Crippen LogP contribution < -0.4 is 24.2 Å². The minimum atomic E-state index is -4.17. The van der Waals surface area contributed by atoms with Crippen molar-refractivity contribution in [3.63, 3.8) is 0 Å². The molecule has 13 heteroatoms. The number of nitrogens with one attached hydrogen (secondary N) is 2. The van der Waals surface area contributed by atoms with Crippen molar-refractivity contribution in [3.8, 4) is 23.1 Å². The summed E-state index contributed by atoms with van der Waals surface area (Å²) in [6, 6.07) is 10.4. The molecule has 1 amide bonds. The Morgan fingerprint density at radius 2 is 1.89 bits per heavy atom. The van der Waals surface area contributed by atoms with E-state index in [9.17, 15) is 23.1 Å². The zero-order chi connectivity index (χ0) is 26.0. The smallest absolute Gasteiger partial charge is 0.356 e. The van der Waals surface area contributed by atoms with Crippen LogP contribution in [-0.4, -0.2) is 42.0 Å². The summed E-state index contributed by atoms with van der Waals surface area (Å²) in [7, 11) is -2.71. The number of aromatic carboxylic acids is 1. The summed E-state index contributed by atoms with van der Waals surface area (Å²) in [5.74, 6) is -0.867. The Morgan fingerprint density at radius 1 is 1.14 bits per heavy atom. The molecule has 3 N–H and O–H groups in total. The minimum absolute atomic E-state index is 0.0126. The highest BCUT2D eigenvalue weighted by Crippen LogP contribution is 2.34. The molecular formula is C23H24N4O8S. The van der Waals surface area contributed by atoms with Crippen molar-refractivity contribution in [3.05, 3.63) is 53.7 Å². The Bertz CT molecular complexity index is 1430. The van der Waals surface area contributed by atoms with E-state index in [0.717, 1.165) is 0 Å². The second-order valence-electron chi connectivity index (χ2n) is 8.22. The van der Waals surface area contributed by atoms with E-state index in [-0.39, 0.29) is 53.1 Å². The van der Waals surface area contributed by atoms with Gasteiger partial charge in [0.25, 0.3) is 0 Å². The molecule has 0 saturated carbocycles. The van der Waals surface area contributed by atoms with Gasteiger partial charge in [-0.15, -0.1) is 0 Å². The fraction of sp³-hybridized carbons (Fsp3) is 0.261. The Balaban J connectivity index is 1.65. The van der Waals surface area contributed by atoms with Crippen LogP contribution in [0.15, 0.2) is 47.4 Å². The molecule has 0 atom stereocenters. The summed E-state index contributed by atoms with van der Waals surface area (Å²) < 4.78 is 46.7. The van der Waals surface area contributed by atoms with Gasteiger partial charge in [0, 0.05) is 31.3 Å². The number of carboxylic acids is 1. The van der Waals surface area contributed by atoms with Crippen molar-refractivity contribution in [1.82, 2.24) is 14.5 Å². The zero-order valence-corrected chi connectivity index (χ0v) is 20.5. The summed E-state index contributed by atoms with van der Waals surface area (Å²) in [4.78, 5) is 23.1. The molecule has 0 spiro atoms. The van der Waals surface area contributed by atoms with Crippen LogP contribution >= 0.6 is 0 Å². The Labute approximate surface area is 206 Å². The highest BCUT2D eigenvalue weighted by atomic mass is 32.2. The van der Waals surface area contributed by atoms with Crippen molar-refractivity contribution in [2.24, 2.45) is 13.0 Å². The van der Waals surface area contributed by atoms with Gasteiger partial charge in [-0.25, -0.2) is 22.6 Å². The third-order valence-electron chi connectivity index (χ3n) is 5.20. The van der Waals surface area contributed by atoms with Gasteiger partial charge in [-0.3, -0.25) is 4.79 Å². The maximum Gasteiger partial charge on any atom is 0.356 e. The van der Waals surface area contributed by atoms with Gasteiger partial charge >= 0.3 is 5.97 Å². The largest absolute Gasteiger partial charge is 0.476 e. The third kappa shape index (κ3) is 5.42. The second-order valence-corrected chi connectivity index (χ2v) is 9.95. The van der Waals surface area contributed by atoms with Crippen LogP contribution in [0.4, 0.5) is 5.69 Å². The number of nitrogens with zero attached hydrogens (tertiary/aromatic N) is 2. The van der Waals surface area contributed by atoms with E-state index >= 15 is 0 Å². The summed E-state index contributed by atoms with van der Waals surface area (Å²) in [6.07, 6.45) is 0. The number of sulfonamides is 1. The second kappa shape index (κ2) is 9.87. The van der Waals surface area contributed by atoms with E-state index in [1.54, 1.807) is 32.0 Å². The molecule has 0 fully saturated rings. The van der Waals surface area contributed by atoms with Crippen LogP contribution in [0.1, 0.15) is 29.9 Å². The van der Waals surface area contributed by atoms with Gasteiger partial charge in [-0.05, 0) is 35.9 Å². The van der Waals surface area contributed by atoms with Crippen molar-refractivity contribution < 1.29 is 37.3 Å². The number of anilines is 1. The molecule has 12 nitrogen and oxygen atoms in total. The first-order valence-electron chi connectivity index (χ1n) is 10.8. The molecule has 1 aromatic heterocycles. The number of ether oxygens (including phenoxy) is 3. The summed E-state index contributed by atoms with van der Waals surface area (Å²) in [5.41, 5.74) is 0.617. The average molecular weight is 517 g/mol. The van der Waals surface area contributed by atoms with Gasteiger partial charge in [-0.1, -0.05) is 19.9 Å². The molecule has 1 aliphatic rings. The van der Waals surface area contributed by atoms with Crippen molar-refractivity contribution in [2.45, 2.75) is 25.3 Å². The Morgan fingerprint density at radius 3 is 2.58 bits per heavy atom. The molecule has 3 aromatic rings. The van der Waals surface area contributed by atoms with E-state index in [4.69, 9.17) is 14.2 Å². The van der Waals surface area contributed by atoms with Crippen LogP contribution in [-0.2, 0) is 28.4 Å². The van der Waals surface area contributed by atoms with Crippen molar-refractivity contribution in [2.75, 3.05) is 12.1 Å². The van der Waals surface area contributed by atoms with E-state index in [0.29, 0.717) is 17.1 Å². The first-order chi connectivity index (χ1) is 17.0. The number of benzene rings is 2. The highest BCUT2D eigenvalue weighted by Gasteiger charge is 2.24. The third-order valence-corrected chi connectivity index (χ3v) is 6.62. The van der Waals surface area contributed by atoms with E-state index in [1.165, 1.54) is 36.0 Å². The Kier molecular flexibility index (Phi) is 6.86. The monoisotopic (exact) mass is 516 g/mol. The summed E-state index contributed by atoms with van der Waals surface area (Å²) >= 11 is 0. The molecule has 2 aromatic carbocycles. The molecule has 0 radical (unpaired) electrons. The maximum absolute atomic E-state index is 13.3. The predicted molar refractivity (Wildman–Crippen MR) is 127 cm³/mol. The number of hydrogen-bond acceptors (Lipinski definition) is 8. The summed E-state index contributed by atoms with van der Waals surface area (Å²) in [6.45, 7) is 3.45. The molecule has 0 aliphatic carbocycles. The lowest BCUT2D eigenvalue weighted by molar-refractivity contribution is -0.118. The number of aromatic nitrogens is 2. The van der Waals surface area contributed by atoms with Gasteiger partial charge in [-0.2, -0.15) is 5.10 Å². The van der Waals surface area contributed by atoms with Crippen LogP contribution in [0.3, 0.4) is 0 Å². The van der Waals surface area contributed by atoms with Crippen molar-refractivity contribution in [1.29, 1.82) is 0 Å². The molecule has 0 saturated heterocycles. The molecule has 0 bridgehead atoms. The molecule has 0 unspecified atom stereocenters. The lowest BCUT2D eigenvalue weighted by atomic mass is 10.2. The lowest BCUT2D eigenvalue weighted by Gasteiger charge is -2.15. The van der Waals surface area contributed by atoms with Gasteiger partial charge < -0.3 is 24.6 Å². The van der Waals surface area contributed by atoms with E-state index in [1.807, 2.05) is 0 Å². The molecule has 190 valence electrons.